The molecule has 0 aliphatic heterocycles. The fraction of sp³-hybridized carbons (Fsp3) is 0.789. The van der Waals surface area contributed by atoms with Crippen LogP contribution >= 0.6 is 0 Å². The van der Waals surface area contributed by atoms with Gasteiger partial charge in [-0.2, -0.15) is 4.89 Å². The Kier molecular flexibility index (Phi) is 8.64. The highest BCUT2D eigenvalue weighted by Crippen LogP contribution is 2.23. The summed E-state index contributed by atoms with van der Waals surface area (Å²) in [5, 5.41) is 0. The van der Waals surface area contributed by atoms with Crippen LogP contribution in [0.5, 0.6) is 0 Å². The van der Waals surface area contributed by atoms with E-state index < -0.39 is 52.5 Å². The molecule has 0 aromatic carbocycles. The lowest BCUT2D eigenvalue weighted by Gasteiger charge is -2.28. The molecule has 0 amide bonds. The van der Waals surface area contributed by atoms with E-state index in [-0.39, 0.29) is 0 Å². The Morgan fingerprint density at radius 3 is 1.29 bits per heavy atom. The summed E-state index contributed by atoms with van der Waals surface area (Å²) in [5.41, 5.74) is -2.86. The van der Waals surface area contributed by atoms with Gasteiger partial charge >= 0.3 is 23.9 Å². The first-order chi connectivity index (χ1) is 12.4. The molecule has 2 atom stereocenters. The standard InChI is InChI=1S/C19H32O9/c1-17(2,3)15(22)25-11(13(20)24-10)12(26-16(23)18(4,5)6)14(21)27-28-19(7,8)9/h11-12H,1-10H3/t11-,12+/m0/s1. The zero-order chi connectivity index (χ0) is 22.5. The third-order valence-electron chi connectivity index (χ3n) is 3.01. The number of rotatable bonds is 6. The quantitative estimate of drug-likeness (QED) is 0.285. The van der Waals surface area contributed by atoms with Crippen molar-refractivity contribution in [1.29, 1.82) is 0 Å². The summed E-state index contributed by atoms with van der Waals surface area (Å²) in [6.07, 6.45) is -3.77. The number of methoxy groups -OCH3 is 1. The molecule has 0 fully saturated rings. The smallest absolute Gasteiger partial charge is 0.387 e. The molecule has 0 saturated carbocycles. The van der Waals surface area contributed by atoms with Crippen LogP contribution in [0.2, 0.25) is 0 Å². The number of carbonyl (C=O) groups is 4. The molecule has 162 valence electrons. The average molecular weight is 404 g/mol. The molecule has 0 unspecified atom stereocenters. The number of hydrogen-bond acceptors (Lipinski definition) is 9. The summed E-state index contributed by atoms with van der Waals surface area (Å²) in [4.78, 5) is 59.0. The molecule has 0 aliphatic carbocycles. The largest absolute Gasteiger partial charge is 0.466 e. The Morgan fingerprint density at radius 1 is 0.643 bits per heavy atom. The molecular weight excluding hydrogens is 372 g/mol. The van der Waals surface area contributed by atoms with E-state index in [1.165, 1.54) is 0 Å². The lowest BCUT2D eigenvalue weighted by atomic mass is 9.96. The summed E-state index contributed by atoms with van der Waals surface area (Å²) < 4.78 is 14.9. The molecular formula is C19H32O9. The van der Waals surface area contributed by atoms with Gasteiger partial charge in [-0.1, -0.05) is 0 Å². The van der Waals surface area contributed by atoms with E-state index >= 15 is 0 Å². The van der Waals surface area contributed by atoms with Crippen LogP contribution in [0, 0.1) is 10.8 Å². The van der Waals surface area contributed by atoms with E-state index in [9.17, 15) is 19.2 Å². The maximum absolute atomic E-state index is 12.5. The zero-order valence-corrected chi connectivity index (χ0v) is 18.3. The first kappa shape index (κ1) is 25.8. The van der Waals surface area contributed by atoms with Crippen molar-refractivity contribution in [1.82, 2.24) is 0 Å². The highest BCUT2D eigenvalue weighted by atomic mass is 17.2. The molecule has 9 nitrogen and oxygen atoms in total. The molecule has 0 N–H and O–H groups in total. The third-order valence-corrected chi connectivity index (χ3v) is 3.01. The fourth-order valence-electron chi connectivity index (χ4n) is 1.38. The summed E-state index contributed by atoms with van der Waals surface area (Å²) in [5.74, 6) is -3.92. The maximum atomic E-state index is 12.5. The van der Waals surface area contributed by atoms with Crippen molar-refractivity contribution < 1.29 is 43.2 Å². The molecule has 0 aliphatic rings. The highest BCUT2D eigenvalue weighted by Gasteiger charge is 2.46. The van der Waals surface area contributed by atoms with Gasteiger partial charge in [-0.15, -0.1) is 0 Å². The van der Waals surface area contributed by atoms with Crippen molar-refractivity contribution in [2.75, 3.05) is 7.11 Å². The van der Waals surface area contributed by atoms with Crippen molar-refractivity contribution in [3.05, 3.63) is 0 Å². The van der Waals surface area contributed by atoms with E-state index in [2.05, 4.69) is 4.74 Å². The van der Waals surface area contributed by atoms with E-state index in [4.69, 9.17) is 19.2 Å². The van der Waals surface area contributed by atoms with Crippen LogP contribution in [0.3, 0.4) is 0 Å². The van der Waals surface area contributed by atoms with E-state index in [0.29, 0.717) is 0 Å². The molecule has 0 aromatic rings. The van der Waals surface area contributed by atoms with E-state index in [1.807, 2.05) is 0 Å². The number of esters is 3. The normalized spacial score (nSPS) is 14.5. The molecule has 0 rings (SSSR count). The Morgan fingerprint density at radius 2 is 1.00 bits per heavy atom. The number of carbonyl (C=O) groups excluding carboxylic acids is 4. The van der Waals surface area contributed by atoms with Crippen LogP contribution in [0.4, 0.5) is 0 Å². The van der Waals surface area contributed by atoms with Gasteiger partial charge in [-0.05, 0) is 62.3 Å². The minimum absolute atomic E-state index is 0.802. The average Bonchev–Trinajstić information content (AvgIpc) is 2.51. The Labute approximate surface area is 165 Å². The van der Waals surface area contributed by atoms with Gasteiger partial charge in [0.05, 0.1) is 17.9 Å². The van der Waals surface area contributed by atoms with Gasteiger partial charge in [0.25, 0.3) is 0 Å². The van der Waals surface area contributed by atoms with Crippen molar-refractivity contribution in [2.24, 2.45) is 10.8 Å². The minimum Gasteiger partial charge on any atom is -0.466 e. The lowest BCUT2D eigenvalue weighted by molar-refractivity contribution is -0.326. The Bertz CT molecular complexity index is 588. The second-order valence-corrected chi connectivity index (χ2v) is 9.27. The summed E-state index contributed by atoms with van der Waals surface area (Å²) in [6, 6.07) is 0. The molecule has 0 radical (unpaired) electrons. The van der Waals surface area contributed by atoms with Gasteiger partial charge < -0.3 is 14.2 Å². The second kappa shape index (κ2) is 9.36. The van der Waals surface area contributed by atoms with Crippen LogP contribution in [-0.4, -0.2) is 48.8 Å². The summed E-state index contributed by atoms with van der Waals surface area (Å²) >= 11 is 0. The van der Waals surface area contributed by atoms with E-state index in [1.54, 1.807) is 62.3 Å². The van der Waals surface area contributed by atoms with Crippen LogP contribution in [-0.2, 0) is 43.2 Å². The van der Waals surface area contributed by atoms with Crippen LogP contribution in [0.15, 0.2) is 0 Å². The first-order valence-electron chi connectivity index (χ1n) is 8.79. The molecule has 0 heterocycles. The van der Waals surface area contributed by atoms with Gasteiger partial charge in [0.15, 0.2) is 0 Å². The lowest BCUT2D eigenvalue weighted by Crippen LogP contribution is -2.49. The molecule has 0 aromatic heterocycles. The van der Waals surface area contributed by atoms with Crippen molar-refractivity contribution in [3.8, 4) is 0 Å². The molecule has 0 saturated heterocycles. The fourth-order valence-corrected chi connectivity index (χ4v) is 1.38. The van der Waals surface area contributed by atoms with E-state index in [0.717, 1.165) is 7.11 Å². The van der Waals surface area contributed by atoms with Gasteiger partial charge in [0.1, 0.15) is 5.60 Å². The predicted octanol–water partition coefficient (Wildman–Crippen LogP) is 2.35. The van der Waals surface area contributed by atoms with Gasteiger partial charge in [-0.25, -0.2) is 9.59 Å². The number of hydrogen-bond donors (Lipinski definition) is 0. The summed E-state index contributed by atoms with van der Waals surface area (Å²) in [7, 11) is 1.04. The first-order valence-corrected chi connectivity index (χ1v) is 8.79. The highest BCUT2D eigenvalue weighted by molar-refractivity contribution is 5.90. The van der Waals surface area contributed by atoms with Crippen molar-refractivity contribution in [2.45, 2.75) is 80.1 Å². The topological polar surface area (TPSA) is 114 Å². The second-order valence-electron chi connectivity index (χ2n) is 9.27. The third kappa shape index (κ3) is 8.69. The SMILES string of the molecule is COC(=O)[C@@H](OC(=O)C(C)(C)C)[C@@H](OC(=O)C(C)(C)C)C(=O)OOC(C)(C)C. The van der Waals surface area contributed by atoms with Crippen LogP contribution < -0.4 is 0 Å². The van der Waals surface area contributed by atoms with Crippen LogP contribution in [0.25, 0.3) is 0 Å². The monoisotopic (exact) mass is 404 g/mol. The van der Waals surface area contributed by atoms with Gasteiger partial charge in [0.2, 0.25) is 12.2 Å². The van der Waals surface area contributed by atoms with Gasteiger partial charge in [0, 0.05) is 0 Å². The van der Waals surface area contributed by atoms with Crippen molar-refractivity contribution in [3.63, 3.8) is 0 Å². The van der Waals surface area contributed by atoms with Crippen molar-refractivity contribution >= 4 is 23.9 Å². The minimum atomic E-state index is -1.91. The maximum Gasteiger partial charge on any atom is 0.387 e. The van der Waals surface area contributed by atoms with Gasteiger partial charge in [-0.3, -0.25) is 14.5 Å². The Balaban J connectivity index is 5.88. The Hall–Kier alpha value is -2.16. The molecule has 9 heteroatoms. The predicted molar refractivity (Wildman–Crippen MR) is 97.6 cm³/mol. The molecule has 28 heavy (non-hydrogen) atoms. The zero-order valence-electron chi connectivity index (χ0n) is 18.3. The van der Waals surface area contributed by atoms with Crippen LogP contribution in [0.1, 0.15) is 62.3 Å². The molecule has 0 bridgehead atoms. The summed E-state index contributed by atoms with van der Waals surface area (Å²) in [6.45, 7) is 14.2. The molecule has 0 spiro atoms. The number of ether oxygens (including phenoxy) is 3.